The van der Waals surface area contributed by atoms with E-state index in [2.05, 4.69) is 12.1 Å². The van der Waals surface area contributed by atoms with E-state index < -0.39 is 17.5 Å². The van der Waals surface area contributed by atoms with Crippen LogP contribution in [0.3, 0.4) is 0 Å². The highest BCUT2D eigenvalue weighted by Crippen LogP contribution is 2.21. The van der Waals surface area contributed by atoms with Gasteiger partial charge in [-0.2, -0.15) is 0 Å². The first-order chi connectivity index (χ1) is 6.20. The maximum Gasteiger partial charge on any atom is 0.195 e. The van der Waals surface area contributed by atoms with Gasteiger partial charge >= 0.3 is 0 Å². The summed E-state index contributed by atoms with van der Waals surface area (Å²) < 4.78 is 38.3. The Bertz CT molecular complexity index is 463. The SMILES string of the molecule is Fc1[c]c2ccc[c]c2c(F)c1F. The Morgan fingerprint density at radius 3 is 2.62 bits per heavy atom. The lowest BCUT2D eigenvalue weighted by atomic mass is 10.1. The molecule has 2 rings (SSSR count). The van der Waals surface area contributed by atoms with E-state index in [0.29, 0.717) is 0 Å². The molecule has 0 unspecified atom stereocenters. The number of rotatable bonds is 0. The molecule has 0 amide bonds. The number of hydrogen-bond donors (Lipinski definition) is 0. The smallest absolute Gasteiger partial charge is 0.195 e. The van der Waals surface area contributed by atoms with E-state index >= 15 is 0 Å². The first-order valence-corrected chi connectivity index (χ1v) is 3.56. The molecule has 0 saturated carbocycles. The number of halogens is 3. The molecule has 0 heterocycles. The monoisotopic (exact) mass is 180 g/mol. The molecule has 64 valence electrons. The number of hydrogen-bond acceptors (Lipinski definition) is 0. The second-order valence-electron chi connectivity index (χ2n) is 2.53. The van der Waals surface area contributed by atoms with Gasteiger partial charge in [-0.25, -0.2) is 13.2 Å². The summed E-state index contributed by atoms with van der Waals surface area (Å²) in [5, 5.41) is 0.0975. The Labute approximate surface area is 72.6 Å². The predicted molar refractivity (Wildman–Crippen MR) is 41.5 cm³/mol. The van der Waals surface area contributed by atoms with Gasteiger partial charge in [-0.15, -0.1) is 0 Å². The third kappa shape index (κ3) is 1.16. The van der Waals surface area contributed by atoms with Gasteiger partial charge in [0.05, 0.1) is 0 Å². The topological polar surface area (TPSA) is 0 Å². The standard InChI is InChI=1S/C10H3F3/c11-8-5-6-3-1-2-4-7(6)9(12)10(8)13/h1-3H. The molecule has 0 aliphatic heterocycles. The zero-order valence-electron chi connectivity index (χ0n) is 6.37. The van der Waals surface area contributed by atoms with Crippen LogP contribution in [0.15, 0.2) is 18.2 Å². The van der Waals surface area contributed by atoms with E-state index in [1.807, 2.05) is 0 Å². The van der Waals surface area contributed by atoms with Crippen molar-refractivity contribution in [3.63, 3.8) is 0 Å². The highest BCUT2D eigenvalue weighted by atomic mass is 19.2. The zero-order chi connectivity index (χ0) is 9.42. The second-order valence-corrected chi connectivity index (χ2v) is 2.53. The van der Waals surface area contributed by atoms with Crippen molar-refractivity contribution in [3.8, 4) is 0 Å². The molecule has 0 bridgehead atoms. The van der Waals surface area contributed by atoms with E-state index in [9.17, 15) is 13.2 Å². The van der Waals surface area contributed by atoms with Crippen LogP contribution in [0.1, 0.15) is 0 Å². The fraction of sp³-hybridized carbons (Fsp3) is 0. The lowest BCUT2D eigenvalue weighted by molar-refractivity contribution is 0.452. The van der Waals surface area contributed by atoms with Crippen LogP contribution >= 0.6 is 0 Å². The van der Waals surface area contributed by atoms with E-state index in [1.165, 1.54) is 12.1 Å². The Morgan fingerprint density at radius 1 is 1.08 bits per heavy atom. The van der Waals surface area contributed by atoms with Gasteiger partial charge in [0, 0.05) is 11.5 Å². The number of fused-ring (bicyclic) bond motifs is 1. The van der Waals surface area contributed by atoms with Crippen LogP contribution in [0.25, 0.3) is 10.8 Å². The minimum absolute atomic E-state index is 0.0820. The molecule has 13 heavy (non-hydrogen) atoms. The fourth-order valence-corrected chi connectivity index (χ4v) is 1.10. The summed E-state index contributed by atoms with van der Waals surface area (Å²) in [4.78, 5) is 0. The minimum atomic E-state index is -1.50. The molecular weight excluding hydrogens is 177 g/mol. The van der Waals surface area contributed by atoms with Gasteiger partial charge in [-0.3, -0.25) is 0 Å². The molecule has 3 heteroatoms. The van der Waals surface area contributed by atoms with Gasteiger partial charge in [-0.1, -0.05) is 18.2 Å². The van der Waals surface area contributed by atoms with Crippen LogP contribution in [0.2, 0.25) is 0 Å². The predicted octanol–water partition coefficient (Wildman–Crippen LogP) is 2.86. The maximum absolute atomic E-state index is 13.0. The Morgan fingerprint density at radius 2 is 1.85 bits per heavy atom. The molecule has 0 fully saturated rings. The van der Waals surface area contributed by atoms with Crippen molar-refractivity contribution in [2.45, 2.75) is 0 Å². The fourth-order valence-electron chi connectivity index (χ4n) is 1.10. The Hall–Kier alpha value is -1.51. The van der Waals surface area contributed by atoms with Gasteiger partial charge in [0.25, 0.3) is 0 Å². The van der Waals surface area contributed by atoms with Gasteiger partial charge < -0.3 is 0 Å². The molecule has 0 spiro atoms. The van der Waals surface area contributed by atoms with Crippen molar-refractivity contribution in [2.24, 2.45) is 0 Å². The van der Waals surface area contributed by atoms with Crippen molar-refractivity contribution in [1.29, 1.82) is 0 Å². The summed E-state index contributed by atoms with van der Waals surface area (Å²) in [5.74, 6) is -4.02. The summed E-state index contributed by atoms with van der Waals surface area (Å²) in [6, 6.07) is 8.98. The highest BCUT2D eigenvalue weighted by Gasteiger charge is 2.12. The average Bonchev–Trinajstić information content (AvgIpc) is 2.15. The molecule has 2 aromatic rings. The Kier molecular flexibility index (Phi) is 1.72. The molecule has 2 aromatic carbocycles. The van der Waals surface area contributed by atoms with Crippen LogP contribution in [0, 0.1) is 29.6 Å². The summed E-state index contributed by atoms with van der Waals surface area (Å²) in [5.41, 5.74) is 0. The normalized spacial score (nSPS) is 10.7. The van der Waals surface area contributed by atoms with Gasteiger partial charge in [0.2, 0.25) is 0 Å². The molecule has 0 nitrogen and oxygen atoms in total. The van der Waals surface area contributed by atoms with E-state index in [4.69, 9.17) is 0 Å². The van der Waals surface area contributed by atoms with Crippen molar-refractivity contribution < 1.29 is 13.2 Å². The summed E-state index contributed by atoms with van der Waals surface area (Å²) in [6.45, 7) is 0. The maximum atomic E-state index is 13.0. The van der Waals surface area contributed by atoms with Crippen molar-refractivity contribution in [3.05, 3.63) is 47.8 Å². The van der Waals surface area contributed by atoms with Crippen molar-refractivity contribution >= 4 is 10.8 Å². The van der Waals surface area contributed by atoms with Gasteiger partial charge in [-0.05, 0) is 11.5 Å². The second kappa shape index (κ2) is 2.76. The molecule has 0 aromatic heterocycles. The van der Waals surface area contributed by atoms with Gasteiger partial charge in [0.15, 0.2) is 17.5 Å². The first kappa shape index (κ1) is 8.10. The van der Waals surface area contributed by atoms with Crippen molar-refractivity contribution in [1.82, 2.24) is 0 Å². The van der Waals surface area contributed by atoms with Crippen LogP contribution in [0.4, 0.5) is 13.2 Å². The van der Waals surface area contributed by atoms with Crippen molar-refractivity contribution in [2.75, 3.05) is 0 Å². The lowest BCUT2D eigenvalue weighted by Crippen LogP contribution is -1.92. The molecular formula is C10H3F3. The average molecular weight is 180 g/mol. The first-order valence-electron chi connectivity index (χ1n) is 3.56. The van der Waals surface area contributed by atoms with Gasteiger partial charge in [0.1, 0.15) is 0 Å². The zero-order valence-corrected chi connectivity index (χ0v) is 6.37. The van der Waals surface area contributed by atoms with Crippen LogP contribution < -0.4 is 0 Å². The third-order valence-corrected chi connectivity index (χ3v) is 1.71. The summed E-state index contributed by atoms with van der Waals surface area (Å²) in [6.07, 6.45) is 0. The quantitative estimate of drug-likeness (QED) is 0.547. The summed E-state index contributed by atoms with van der Waals surface area (Å²) in [7, 11) is 0. The Balaban J connectivity index is 2.94. The van der Waals surface area contributed by atoms with E-state index in [0.717, 1.165) is 0 Å². The molecule has 0 aliphatic carbocycles. The van der Waals surface area contributed by atoms with Crippen LogP contribution in [-0.2, 0) is 0 Å². The van der Waals surface area contributed by atoms with E-state index in [1.54, 1.807) is 6.07 Å². The molecule has 0 saturated heterocycles. The molecule has 2 radical (unpaired) electrons. The largest absolute Gasteiger partial charge is 0.203 e. The van der Waals surface area contributed by atoms with Crippen LogP contribution in [-0.4, -0.2) is 0 Å². The highest BCUT2D eigenvalue weighted by molar-refractivity contribution is 5.81. The van der Waals surface area contributed by atoms with E-state index in [-0.39, 0.29) is 10.8 Å². The summed E-state index contributed by atoms with van der Waals surface area (Å²) >= 11 is 0. The molecule has 0 N–H and O–H groups in total. The lowest BCUT2D eigenvalue weighted by Gasteiger charge is -1.99. The minimum Gasteiger partial charge on any atom is -0.203 e. The third-order valence-electron chi connectivity index (χ3n) is 1.71. The van der Waals surface area contributed by atoms with Crippen LogP contribution in [0.5, 0.6) is 0 Å². The molecule has 0 atom stereocenters. The number of benzene rings is 2. The molecule has 0 aliphatic rings.